The summed E-state index contributed by atoms with van der Waals surface area (Å²) in [5.74, 6) is 0. The van der Waals surface area contributed by atoms with E-state index in [1.165, 1.54) is 0 Å². The maximum atomic E-state index is 8.75. The third kappa shape index (κ3) is 1.56. The summed E-state index contributed by atoms with van der Waals surface area (Å²) in [4.78, 5) is 3.82. The Labute approximate surface area is 66.5 Å². The Bertz CT molecular complexity index is 269. The molecule has 2 nitrogen and oxygen atoms in total. The molecule has 1 rings (SSSR count). The van der Waals surface area contributed by atoms with Crippen LogP contribution in [-0.2, 0) is 5.41 Å². The molecule has 0 aliphatic rings. The van der Waals surface area contributed by atoms with Crippen molar-refractivity contribution in [1.29, 1.82) is 5.26 Å². The molecule has 0 aliphatic carbocycles. The molecule has 55 valence electrons. The van der Waals surface area contributed by atoms with Crippen molar-refractivity contribution >= 4 is 0 Å². The van der Waals surface area contributed by atoms with E-state index in [-0.39, 0.29) is 0 Å². The molecule has 0 saturated heterocycles. The highest BCUT2D eigenvalue weighted by Gasteiger charge is 2.19. The van der Waals surface area contributed by atoms with Crippen LogP contribution < -0.4 is 0 Å². The van der Waals surface area contributed by atoms with Crippen LogP contribution in [-0.4, -0.2) is 4.98 Å². The molecule has 1 aromatic heterocycles. The molecule has 0 saturated carbocycles. The zero-order valence-electron chi connectivity index (χ0n) is 6.63. The van der Waals surface area contributed by atoms with Crippen LogP contribution in [0.1, 0.15) is 19.4 Å². The molecule has 0 amide bonds. The molecule has 0 unspecified atom stereocenters. The molecule has 0 aromatic carbocycles. The minimum absolute atomic E-state index is 0.478. The van der Waals surface area contributed by atoms with Gasteiger partial charge >= 0.3 is 0 Å². The van der Waals surface area contributed by atoms with Gasteiger partial charge in [0.15, 0.2) is 0 Å². The van der Waals surface area contributed by atoms with E-state index in [0.29, 0.717) is 0 Å². The van der Waals surface area contributed by atoms with Gasteiger partial charge in [-0.1, -0.05) is 6.07 Å². The van der Waals surface area contributed by atoms with E-state index in [4.69, 9.17) is 5.26 Å². The van der Waals surface area contributed by atoms with Gasteiger partial charge in [0.05, 0.1) is 17.7 Å². The van der Waals surface area contributed by atoms with Gasteiger partial charge in [0.2, 0.25) is 0 Å². The van der Waals surface area contributed by atoms with Crippen molar-refractivity contribution < 1.29 is 0 Å². The fraction of sp³-hybridized carbons (Fsp3) is 0.333. The summed E-state index contributed by atoms with van der Waals surface area (Å²) in [6.45, 7) is 3.70. The zero-order chi connectivity index (χ0) is 8.32. The van der Waals surface area contributed by atoms with Crippen LogP contribution in [0, 0.1) is 17.5 Å². The van der Waals surface area contributed by atoms with Crippen LogP contribution in [0.5, 0.6) is 0 Å². The van der Waals surface area contributed by atoms with Crippen molar-refractivity contribution in [2.24, 2.45) is 0 Å². The van der Waals surface area contributed by atoms with E-state index in [0.717, 1.165) is 5.56 Å². The van der Waals surface area contributed by atoms with Crippen molar-refractivity contribution in [2.75, 3.05) is 0 Å². The van der Waals surface area contributed by atoms with Gasteiger partial charge in [0, 0.05) is 6.20 Å². The normalized spacial score (nSPS) is 10.6. The minimum Gasteiger partial charge on any atom is -0.254 e. The second-order valence-electron chi connectivity index (χ2n) is 2.90. The number of nitrogens with zero attached hydrogens (tertiary/aromatic N) is 2. The summed E-state index contributed by atoms with van der Waals surface area (Å²) in [5, 5.41) is 8.75. The lowest BCUT2D eigenvalue weighted by Crippen LogP contribution is -2.13. The lowest BCUT2D eigenvalue weighted by atomic mass is 9.88. The molecule has 0 N–H and O–H groups in total. The SMILES string of the molecule is CC(C)(C#N)c1[c]nccc1. The minimum atomic E-state index is -0.478. The average molecular weight is 145 g/mol. The van der Waals surface area contributed by atoms with Crippen LogP contribution in [0.2, 0.25) is 0 Å². The van der Waals surface area contributed by atoms with Crippen LogP contribution in [0.4, 0.5) is 0 Å². The van der Waals surface area contributed by atoms with Gasteiger partial charge < -0.3 is 0 Å². The topological polar surface area (TPSA) is 36.7 Å². The molecule has 0 atom stereocenters. The van der Waals surface area contributed by atoms with Gasteiger partial charge in [-0.15, -0.1) is 0 Å². The summed E-state index contributed by atoms with van der Waals surface area (Å²) in [7, 11) is 0. The first kappa shape index (κ1) is 7.74. The van der Waals surface area contributed by atoms with E-state index >= 15 is 0 Å². The quantitative estimate of drug-likeness (QED) is 0.602. The average Bonchev–Trinajstić information content (AvgIpc) is 2.06. The van der Waals surface area contributed by atoms with Crippen molar-refractivity contribution in [3.8, 4) is 6.07 Å². The number of rotatable bonds is 1. The Kier molecular flexibility index (Phi) is 1.91. The second kappa shape index (κ2) is 2.71. The number of aromatic nitrogens is 1. The van der Waals surface area contributed by atoms with Crippen molar-refractivity contribution in [3.05, 3.63) is 30.1 Å². The van der Waals surface area contributed by atoms with E-state index in [1.807, 2.05) is 26.0 Å². The van der Waals surface area contributed by atoms with E-state index < -0.39 is 5.41 Å². The zero-order valence-corrected chi connectivity index (χ0v) is 6.63. The maximum absolute atomic E-state index is 8.75. The number of hydrogen-bond donors (Lipinski definition) is 0. The molecule has 2 heteroatoms. The van der Waals surface area contributed by atoms with E-state index in [2.05, 4.69) is 17.3 Å². The Hall–Kier alpha value is -1.36. The monoisotopic (exact) mass is 145 g/mol. The standard InChI is InChI=1S/C9H9N2/c1-9(2,7-10)8-4-3-5-11-6-8/h3-5H,1-2H3. The molecular formula is C9H9N2. The summed E-state index contributed by atoms with van der Waals surface area (Å²) < 4.78 is 0. The summed E-state index contributed by atoms with van der Waals surface area (Å²) in [5.41, 5.74) is 0.358. The van der Waals surface area contributed by atoms with E-state index in [9.17, 15) is 0 Å². The molecular weight excluding hydrogens is 136 g/mol. The lowest BCUT2D eigenvalue weighted by molar-refractivity contribution is 0.681. The Morgan fingerprint density at radius 1 is 1.64 bits per heavy atom. The number of pyridine rings is 1. The lowest BCUT2D eigenvalue weighted by Gasteiger charge is -2.13. The highest BCUT2D eigenvalue weighted by atomic mass is 14.6. The van der Waals surface area contributed by atoms with Crippen molar-refractivity contribution in [2.45, 2.75) is 19.3 Å². The molecule has 1 radical (unpaired) electrons. The van der Waals surface area contributed by atoms with Gasteiger partial charge in [0.1, 0.15) is 0 Å². The molecule has 0 bridgehead atoms. The summed E-state index contributed by atoms with van der Waals surface area (Å²) in [6, 6.07) is 5.85. The molecule has 0 spiro atoms. The third-order valence-electron chi connectivity index (χ3n) is 1.56. The largest absolute Gasteiger partial charge is 0.254 e. The van der Waals surface area contributed by atoms with Gasteiger partial charge in [-0.3, -0.25) is 4.98 Å². The van der Waals surface area contributed by atoms with Crippen LogP contribution in [0.25, 0.3) is 0 Å². The molecule has 11 heavy (non-hydrogen) atoms. The van der Waals surface area contributed by atoms with Crippen molar-refractivity contribution in [1.82, 2.24) is 4.98 Å². The predicted molar refractivity (Wildman–Crippen MR) is 41.7 cm³/mol. The fourth-order valence-electron chi connectivity index (χ4n) is 0.735. The van der Waals surface area contributed by atoms with Crippen LogP contribution >= 0.6 is 0 Å². The third-order valence-corrected chi connectivity index (χ3v) is 1.56. The maximum Gasteiger partial charge on any atom is 0.0937 e. The summed E-state index contributed by atoms with van der Waals surface area (Å²) >= 11 is 0. The van der Waals surface area contributed by atoms with Crippen LogP contribution in [0.15, 0.2) is 18.3 Å². The van der Waals surface area contributed by atoms with Gasteiger partial charge in [-0.25, -0.2) is 0 Å². The first-order chi connectivity index (χ1) is 5.17. The Morgan fingerprint density at radius 3 is 2.82 bits per heavy atom. The van der Waals surface area contributed by atoms with Crippen molar-refractivity contribution in [3.63, 3.8) is 0 Å². The number of nitriles is 1. The predicted octanol–water partition coefficient (Wildman–Crippen LogP) is 1.68. The van der Waals surface area contributed by atoms with Crippen LogP contribution in [0.3, 0.4) is 0 Å². The number of hydrogen-bond acceptors (Lipinski definition) is 2. The Balaban J connectivity index is 3.05. The fourth-order valence-corrected chi connectivity index (χ4v) is 0.735. The molecule has 1 heterocycles. The first-order valence-corrected chi connectivity index (χ1v) is 3.41. The summed E-state index contributed by atoms with van der Waals surface area (Å²) in [6.07, 6.45) is 4.44. The smallest absolute Gasteiger partial charge is 0.0937 e. The van der Waals surface area contributed by atoms with E-state index in [1.54, 1.807) is 6.20 Å². The van der Waals surface area contributed by atoms with Gasteiger partial charge in [0.25, 0.3) is 0 Å². The van der Waals surface area contributed by atoms with Gasteiger partial charge in [-0.05, 0) is 25.5 Å². The second-order valence-corrected chi connectivity index (χ2v) is 2.90. The first-order valence-electron chi connectivity index (χ1n) is 3.41. The Morgan fingerprint density at radius 2 is 2.36 bits per heavy atom. The highest BCUT2D eigenvalue weighted by molar-refractivity contribution is 5.25. The molecule has 0 aliphatic heterocycles. The molecule has 0 fully saturated rings. The highest BCUT2D eigenvalue weighted by Crippen LogP contribution is 2.19. The van der Waals surface area contributed by atoms with Gasteiger partial charge in [-0.2, -0.15) is 5.26 Å². The molecule has 1 aromatic rings.